The van der Waals surface area contributed by atoms with Crippen molar-refractivity contribution in [1.29, 1.82) is 0 Å². The average molecular weight is 300 g/mol. The fourth-order valence-corrected chi connectivity index (χ4v) is 2.94. The topological polar surface area (TPSA) is 84.5 Å². The van der Waals surface area contributed by atoms with E-state index in [1.807, 2.05) is 6.92 Å². The van der Waals surface area contributed by atoms with Gasteiger partial charge in [0.2, 0.25) is 10.0 Å². The quantitative estimate of drug-likeness (QED) is 0.825. The second-order valence-electron chi connectivity index (χ2n) is 4.37. The fraction of sp³-hybridized carbons (Fsp3) is 0.462. The Bertz CT molecular complexity index is 584. The van der Waals surface area contributed by atoms with Crippen LogP contribution in [0.15, 0.2) is 23.1 Å². The zero-order valence-corrected chi connectivity index (χ0v) is 12.9. The van der Waals surface area contributed by atoms with Gasteiger partial charge < -0.3 is 10.1 Å². The van der Waals surface area contributed by atoms with Crippen LogP contribution in [0.1, 0.15) is 30.6 Å². The highest BCUT2D eigenvalue weighted by Crippen LogP contribution is 2.22. The maximum Gasteiger partial charge on any atom is 0.254 e. The van der Waals surface area contributed by atoms with Gasteiger partial charge in [-0.05, 0) is 31.5 Å². The minimum atomic E-state index is -3.65. The molecule has 20 heavy (non-hydrogen) atoms. The van der Waals surface area contributed by atoms with Crippen LogP contribution < -0.4 is 14.8 Å². The molecule has 0 aromatic heterocycles. The van der Waals surface area contributed by atoms with Gasteiger partial charge >= 0.3 is 0 Å². The van der Waals surface area contributed by atoms with Crippen molar-refractivity contribution in [2.45, 2.75) is 31.2 Å². The van der Waals surface area contributed by atoms with Crippen molar-refractivity contribution in [2.24, 2.45) is 0 Å². The van der Waals surface area contributed by atoms with Crippen LogP contribution in [0.5, 0.6) is 5.75 Å². The Morgan fingerprint density at radius 3 is 2.55 bits per heavy atom. The van der Waals surface area contributed by atoms with Gasteiger partial charge in [-0.3, -0.25) is 4.79 Å². The summed E-state index contributed by atoms with van der Waals surface area (Å²) in [6.07, 6.45) is 0.678. The fourth-order valence-electron chi connectivity index (χ4n) is 1.58. The van der Waals surface area contributed by atoms with Gasteiger partial charge in [-0.1, -0.05) is 6.92 Å². The molecule has 0 saturated heterocycles. The van der Waals surface area contributed by atoms with Crippen LogP contribution in [0.2, 0.25) is 0 Å². The van der Waals surface area contributed by atoms with Gasteiger partial charge in [0, 0.05) is 13.1 Å². The van der Waals surface area contributed by atoms with Crippen molar-refractivity contribution in [3.05, 3.63) is 23.8 Å². The Morgan fingerprint density at radius 1 is 1.40 bits per heavy atom. The van der Waals surface area contributed by atoms with Crippen LogP contribution in [0, 0.1) is 0 Å². The minimum absolute atomic E-state index is 0.0391. The zero-order chi connectivity index (χ0) is 15.3. The van der Waals surface area contributed by atoms with Crippen molar-refractivity contribution in [1.82, 2.24) is 10.0 Å². The number of methoxy groups -OCH3 is 1. The van der Waals surface area contributed by atoms with E-state index < -0.39 is 15.9 Å². The summed E-state index contributed by atoms with van der Waals surface area (Å²) in [6, 6.07) is 4.01. The molecule has 0 spiro atoms. The molecule has 0 saturated carbocycles. The standard InChI is InChI=1S/C13H20N2O4S/c1-5-9(2)15-20(17,18)10-6-7-12(19-4)11(8-10)13(16)14-3/h6-9,15H,5H2,1-4H3,(H,14,16)/t9-/m1/s1. The maximum atomic E-state index is 12.2. The summed E-state index contributed by atoms with van der Waals surface area (Å²) in [5, 5.41) is 2.45. The van der Waals surface area contributed by atoms with Crippen molar-refractivity contribution in [3.63, 3.8) is 0 Å². The van der Waals surface area contributed by atoms with E-state index in [2.05, 4.69) is 10.0 Å². The molecule has 0 unspecified atom stereocenters. The average Bonchev–Trinajstić information content (AvgIpc) is 2.44. The van der Waals surface area contributed by atoms with Gasteiger partial charge in [-0.25, -0.2) is 13.1 Å². The molecule has 1 amide bonds. The number of ether oxygens (including phenoxy) is 1. The highest BCUT2D eigenvalue weighted by molar-refractivity contribution is 7.89. The number of hydrogen-bond acceptors (Lipinski definition) is 4. The van der Waals surface area contributed by atoms with E-state index in [0.717, 1.165) is 0 Å². The zero-order valence-electron chi connectivity index (χ0n) is 12.1. The predicted octanol–water partition coefficient (Wildman–Crippen LogP) is 1.13. The minimum Gasteiger partial charge on any atom is -0.496 e. The van der Waals surface area contributed by atoms with Crippen LogP contribution in [0.4, 0.5) is 0 Å². The molecule has 2 N–H and O–H groups in total. The second kappa shape index (κ2) is 6.71. The molecule has 112 valence electrons. The number of benzene rings is 1. The van der Waals surface area contributed by atoms with Crippen molar-refractivity contribution >= 4 is 15.9 Å². The molecule has 1 atom stereocenters. The van der Waals surface area contributed by atoms with E-state index in [9.17, 15) is 13.2 Å². The number of carbonyl (C=O) groups is 1. The third-order valence-electron chi connectivity index (χ3n) is 2.92. The first-order valence-electron chi connectivity index (χ1n) is 6.28. The summed E-state index contributed by atoms with van der Waals surface area (Å²) in [6.45, 7) is 3.66. The van der Waals surface area contributed by atoms with Crippen molar-refractivity contribution in [2.75, 3.05) is 14.2 Å². The first-order valence-corrected chi connectivity index (χ1v) is 7.76. The lowest BCUT2D eigenvalue weighted by atomic mass is 10.2. The lowest BCUT2D eigenvalue weighted by Gasteiger charge is -2.14. The first kappa shape index (κ1) is 16.5. The molecule has 0 aliphatic rings. The van der Waals surface area contributed by atoms with Crippen molar-refractivity contribution < 1.29 is 17.9 Å². The third-order valence-corrected chi connectivity index (χ3v) is 4.51. The summed E-state index contributed by atoms with van der Waals surface area (Å²) < 4.78 is 32.0. The molecule has 0 bridgehead atoms. The number of nitrogens with one attached hydrogen (secondary N) is 2. The molecular weight excluding hydrogens is 280 g/mol. The van der Waals surface area contributed by atoms with Gasteiger partial charge in [0.15, 0.2) is 0 Å². The van der Waals surface area contributed by atoms with Crippen molar-refractivity contribution in [3.8, 4) is 5.75 Å². The van der Waals surface area contributed by atoms with E-state index >= 15 is 0 Å². The Kier molecular flexibility index (Phi) is 5.52. The molecule has 7 heteroatoms. The van der Waals surface area contributed by atoms with E-state index in [1.54, 1.807) is 6.92 Å². The molecule has 0 aliphatic carbocycles. The van der Waals surface area contributed by atoms with E-state index in [0.29, 0.717) is 12.2 Å². The van der Waals surface area contributed by atoms with Gasteiger partial charge in [-0.15, -0.1) is 0 Å². The number of sulfonamides is 1. The van der Waals surface area contributed by atoms with Gasteiger partial charge in [0.05, 0.1) is 17.6 Å². The van der Waals surface area contributed by atoms with Gasteiger partial charge in [-0.2, -0.15) is 0 Å². The smallest absolute Gasteiger partial charge is 0.254 e. The largest absolute Gasteiger partial charge is 0.496 e. The van der Waals surface area contributed by atoms with Gasteiger partial charge in [0.25, 0.3) is 5.91 Å². The molecule has 1 aromatic rings. The first-order chi connectivity index (χ1) is 9.35. The summed E-state index contributed by atoms with van der Waals surface area (Å²) in [7, 11) is -0.750. The van der Waals surface area contributed by atoms with E-state index in [1.165, 1.54) is 32.4 Å². The molecule has 6 nitrogen and oxygen atoms in total. The Morgan fingerprint density at radius 2 is 2.05 bits per heavy atom. The van der Waals surface area contributed by atoms with Crippen LogP contribution in [0.3, 0.4) is 0 Å². The number of rotatable bonds is 6. The Labute approximate surface area is 119 Å². The molecule has 0 heterocycles. The van der Waals surface area contributed by atoms with Crippen LogP contribution in [0.25, 0.3) is 0 Å². The SMILES string of the molecule is CC[C@@H](C)NS(=O)(=O)c1ccc(OC)c(C(=O)NC)c1. The second-order valence-corrected chi connectivity index (χ2v) is 6.09. The predicted molar refractivity (Wildman–Crippen MR) is 76.5 cm³/mol. The maximum absolute atomic E-state index is 12.2. The van der Waals surface area contributed by atoms with E-state index in [-0.39, 0.29) is 16.5 Å². The third kappa shape index (κ3) is 3.71. The molecular formula is C13H20N2O4S. The van der Waals surface area contributed by atoms with E-state index in [4.69, 9.17) is 4.74 Å². The van der Waals surface area contributed by atoms with Gasteiger partial charge in [0.1, 0.15) is 5.75 Å². The number of amides is 1. The molecule has 0 radical (unpaired) electrons. The molecule has 0 aliphatic heterocycles. The normalized spacial score (nSPS) is 12.8. The molecule has 0 fully saturated rings. The number of carbonyl (C=O) groups excluding carboxylic acids is 1. The summed E-state index contributed by atoms with van der Waals surface area (Å²) in [5.74, 6) is -0.0747. The number of hydrogen-bond donors (Lipinski definition) is 2. The summed E-state index contributed by atoms with van der Waals surface area (Å²) >= 11 is 0. The van der Waals surface area contributed by atoms with Crippen LogP contribution >= 0.6 is 0 Å². The van der Waals surface area contributed by atoms with Crippen LogP contribution in [-0.4, -0.2) is 34.5 Å². The highest BCUT2D eigenvalue weighted by atomic mass is 32.2. The molecule has 1 aromatic carbocycles. The lowest BCUT2D eigenvalue weighted by molar-refractivity contribution is 0.0960. The summed E-state index contributed by atoms with van der Waals surface area (Å²) in [5.41, 5.74) is 0.182. The monoisotopic (exact) mass is 300 g/mol. The highest BCUT2D eigenvalue weighted by Gasteiger charge is 2.20. The summed E-state index contributed by atoms with van der Waals surface area (Å²) in [4.78, 5) is 11.8. The molecule has 1 rings (SSSR count). The lowest BCUT2D eigenvalue weighted by Crippen LogP contribution is -2.32. The Hall–Kier alpha value is -1.60. The van der Waals surface area contributed by atoms with Crippen LogP contribution in [-0.2, 0) is 10.0 Å². The Balaban J connectivity index is 3.24.